The number of allylic oxidation sites excluding steroid dienone is 4. The lowest BCUT2D eigenvalue weighted by molar-refractivity contribution is 0.871. The molecule has 0 radical (unpaired) electrons. The van der Waals surface area contributed by atoms with E-state index in [1.54, 1.807) is 0 Å². The molecular formula is C60H42N2. The molecule has 0 bridgehead atoms. The molecule has 1 aliphatic rings. The predicted molar refractivity (Wildman–Crippen MR) is 262 cm³/mol. The van der Waals surface area contributed by atoms with Crippen molar-refractivity contribution in [2.75, 3.05) is 0 Å². The van der Waals surface area contributed by atoms with Gasteiger partial charge in [0.1, 0.15) is 0 Å². The third kappa shape index (κ3) is 6.19. The Morgan fingerprint density at radius 3 is 1.18 bits per heavy atom. The molecule has 0 fully saturated rings. The van der Waals surface area contributed by atoms with Crippen molar-refractivity contribution in [1.29, 1.82) is 0 Å². The number of hydrogen-bond donors (Lipinski definition) is 0. The summed E-state index contributed by atoms with van der Waals surface area (Å²) in [5.74, 6) is 0.168. The first-order valence-electron chi connectivity index (χ1n) is 21.6. The third-order valence-corrected chi connectivity index (χ3v) is 12.9. The van der Waals surface area contributed by atoms with Crippen molar-refractivity contribution in [3.05, 3.63) is 253 Å². The molecule has 2 heterocycles. The standard InChI is InChI=1S/C60H42N2/c1-3-15-41(16-4-1)45-35-47(43-27-31-51(32-28-43)61-57-23-11-7-19-53(57)54-20-8-12-24-58(54)61)39-49(37-45)50-38-46(42-17-5-2-6-18-42)36-48(40-50)44-29-33-52(34-30-44)62-59-25-13-9-21-55(59)56-22-10-14-26-60(56)62/h1-37,39-40,50H,38H2. The van der Waals surface area contributed by atoms with Crippen LogP contribution < -0.4 is 0 Å². The highest BCUT2D eigenvalue weighted by Gasteiger charge is 2.22. The highest BCUT2D eigenvalue weighted by atomic mass is 15.0. The minimum absolute atomic E-state index is 0.168. The Hall–Kier alpha value is -7.94. The maximum atomic E-state index is 2.50. The molecule has 0 aliphatic heterocycles. The Bertz CT molecular complexity index is 3400. The van der Waals surface area contributed by atoms with E-state index >= 15 is 0 Å². The van der Waals surface area contributed by atoms with Gasteiger partial charge in [0.05, 0.1) is 22.1 Å². The average molecular weight is 791 g/mol. The number of fused-ring (bicyclic) bond motifs is 6. The zero-order valence-corrected chi connectivity index (χ0v) is 34.2. The summed E-state index contributed by atoms with van der Waals surface area (Å²) in [6.07, 6.45) is 5.83. The molecule has 0 N–H and O–H groups in total. The molecule has 1 atom stereocenters. The summed E-state index contributed by atoms with van der Waals surface area (Å²) in [7, 11) is 0. The van der Waals surface area contributed by atoms with Crippen molar-refractivity contribution in [2.45, 2.75) is 12.3 Å². The Kier molecular flexibility index (Phi) is 8.67. The van der Waals surface area contributed by atoms with Crippen molar-refractivity contribution in [1.82, 2.24) is 9.13 Å². The van der Waals surface area contributed by atoms with E-state index in [0.717, 1.165) is 17.8 Å². The average Bonchev–Trinajstić information content (AvgIpc) is 3.87. The van der Waals surface area contributed by atoms with Crippen molar-refractivity contribution in [2.24, 2.45) is 0 Å². The topological polar surface area (TPSA) is 9.86 Å². The predicted octanol–water partition coefficient (Wildman–Crippen LogP) is 15.9. The summed E-state index contributed by atoms with van der Waals surface area (Å²) in [5, 5.41) is 5.10. The van der Waals surface area contributed by atoms with E-state index in [9.17, 15) is 0 Å². The Labute approximate surface area is 361 Å². The molecule has 1 unspecified atom stereocenters. The van der Waals surface area contributed by atoms with Crippen LogP contribution in [0.4, 0.5) is 0 Å². The zero-order chi connectivity index (χ0) is 41.0. The van der Waals surface area contributed by atoms with Gasteiger partial charge in [0.2, 0.25) is 0 Å². The van der Waals surface area contributed by atoms with Gasteiger partial charge >= 0.3 is 0 Å². The largest absolute Gasteiger partial charge is 0.309 e. The maximum Gasteiger partial charge on any atom is 0.0541 e. The number of rotatable bonds is 7. The Balaban J connectivity index is 0.960. The van der Waals surface area contributed by atoms with Crippen molar-refractivity contribution >= 4 is 54.8 Å². The van der Waals surface area contributed by atoms with Gasteiger partial charge in [-0.05, 0) is 111 Å². The van der Waals surface area contributed by atoms with Gasteiger partial charge in [0, 0.05) is 38.8 Å². The maximum absolute atomic E-state index is 2.50. The van der Waals surface area contributed by atoms with Gasteiger partial charge in [0.25, 0.3) is 0 Å². The fourth-order valence-electron chi connectivity index (χ4n) is 9.89. The van der Waals surface area contributed by atoms with Crippen molar-refractivity contribution < 1.29 is 0 Å². The van der Waals surface area contributed by atoms with E-state index in [0.29, 0.717) is 0 Å². The van der Waals surface area contributed by atoms with E-state index < -0.39 is 0 Å². The molecule has 9 aromatic carbocycles. The third-order valence-electron chi connectivity index (χ3n) is 12.9. The number of para-hydroxylation sites is 4. The van der Waals surface area contributed by atoms with Crippen LogP contribution in [0.2, 0.25) is 0 Å². The van der Waals surface area contributed by atoms with Crippen LogP contribution in [-0.2, 0) is 0 Å². The van der Waals surface area contributed by atoms with E-state index in [1.165, 1.54) is 93.7 Å². The molecule has 0 saturated heterocycles. The van der Waals surface area contributed by atoms with Crippen LogP contribution in [0.25, 0.3) is 88.4 Å². The number of nitrogens with zero attached hydrogens (tertiary/aromatic N) is 2. The van der Waals surface area contributed by atoms with Gasteiger partial charge in [-0.25, -0.2) is 0 Å². The summed E-state index contributed by atoms with van der Waals surface area (Å²) in [6, 6.07) is 82.2. The lowest BCUT2D eigenvalue weighted by Crippen LogP contribution is -2.05. The van der Waals surface area contributed by atoms with Gasteiger partial charge in [0.15, 0.2) is 0 Å². The molecule has 11 aromatic rings. The minimum atomic E-state index is 0.168. The van der Waals surface area contributed by atoms with Crippen LogP contribution in [0.5, 0.6) is 0 Å². The summed E-state index contributed by atoms with van der Waals surface area (Å²) in [6.45, 7) is 0. The molecule has 12 rings (SSSR count). The molecule has 0 spiro atoms. The summed E-state index contributed by atoms with van der Waals surface area (Å²) in [4.78, 5) is 0. The number of hydrogen-bond acceptors (Lipinski definition) is 0. The molecule has 0 amide bonds. The monoisotopic (exact) mass is 790 g/mol. The first kappa shape index (κ1) is 36.0. The van der Waals surface area contributed by atoms with E-state index in [2.05, 4.69) is 246 Å². The summed E-state index contributed by atoms with van der Waals surface area (Å²) in [5.41, 5.74) is 18.5. The molecule has 62 heavy (non-hydrogen) atoms. The fraction of sp³-hybridized carbons (Fsp3) is 0.0333. The Morgan fingerprint density at radius 1 is 0.323 bits per heavy atom. The fourth-order valence-corrected chi connectivity index (χ4v) is 9.89. The van der Waals surface area contributed by atoms with E-state index in [-0.39, 0.29) is 5.92 Å². The summed E-state index contributed by atoms with van der Waals surface area (Å²) >= 11 is 0. The van der Waals surface area contributed by atoms with E-state index in [1.807, 2.05) is 0 Å². The highest BCUT2D eigenvalue weighted by molar-refractivity contribution is 6.10. The molecule has 2 heteroatoms. The molecular weight excluding hydrogens is 749 g/mol. The SMILES string of the molecule is C1=C(c2ccc(-n3c4ccccc4c4ccccc43)cc2)C=C(c2ccccc2)CC1c1cc(-c2ccccc2)cc(-c2ccc(-n3c4ccccc4c4ccccc43)cc2)c1. The van der Waals surface area contributed by atoms with Gasteiger partial charge in [-0.15, -0.1) is 0 Å². The van der Waals surface area contributed by atoms with Gasteiger partial charge in [-0.3, -0.25) is 0 Å². The van der Waals surface area contributed by atoms with Gasteiger partial charge in [-0.1, -0.05) is 182 Å². The number of benzene rings is 9. The highest BCUT2D eigenvalue weighted by Crippen LogP contribution is 2.42. The van der Waals surface area contributed by atoms with Crippen LogP contribution >= 0.6 is 0 Å². The molecule has 2 aromatic heterocycles. The first-order valence-corrected chi connectivity index (χ1v) is 21.6. The van der Waals surface area contributed by atoms with Crippen LogP contribution in [0.1, 0.15) is 29.0 Å². The van der Waals surface area contributed by atoms with Gasteiger partial charge < -0.3 is 9.13 Å². The minimum Gasteiger partial charge on any atom is -0.309 e. The van der Waals surface area contributed by atoms with Crippen LogP contribution in [0, 0.1) is 0 Å². The Morgan fingerprint density at radius 2 is 0.710 bits per heavy atom. The normalized spacial score (nSPS) is 14.1. The molecule has 1 aliphatic carbocycles. The zero-order valence-electron chi connectivity index (χ0n) is 34.2. The first-order chi connectivity index (χ1) is 30.7. The molecule has 0 saturated carbocycles. The summed E-state index contributed by atoms with van der Waals surface area (Å²) < 4.78 is 4.78. The van der Waals surface area contributed by atoms with Crippen molar-refractivity contribution in [3.63, 3.8) is 0 Å². The smallest absolute Gasteiger partial charge is 0.0541 e. The van der Waals surface area contributed by atoms with Gasteiger partial charge in [-0.2, -0.15) is 0 Å². The van der Waals surface area contributed by atoms with Crippen LogP contribution in [0.3, 0.4) is 0 Å². The molecule has 2 nitrogen and oxygen atoms in total. The van der Waals surface area contributed by atoms with Crippen LogP contribution in [-0.4, -0.2) is 9.13 Å². The second-order valence-corrected chi connectivity index (χ2v) is 16.5. The molecule has 292 valence electrons. The van der Waals surface area contributed by atoms with Crippen molar-refractivity contribution in [3.8, 4) is 33.6 Å². The number of aromatic nitrogens is 2. The second kappa shape index (κ2) is 15.0. The van der Waals surface area contributed by atoms with E-state index in [4.69, 9.17) is 0 Å². The quantitative estimate of drug-likeness (QED) is 0.152. The second-order valence-electron chi connectivity index (χ2n) is 16.5. The lowest BCUT2D eigenvalue weighted by atomic mass is 9.80. The van der Waals surface area contributed by atoms with Crippen LogP contribution in [0.15, 0.2) is 237 Å². The lowest BCUT2D eigenvalue weighted by Gasteiger charge is -2.24.